The van der Waals surface area contributed by atoms with Crippen LogP contribution in [0.15, 0.2) is 80.4 Å². The van der Waals surface area contributed by atoms with Gasteiger partial charge in [0, 0.05) is 12.7 Å². The number of aliphatic hydroxyl groups is 1. The molecule has 2 aromatic rings. The number of aromatic hydroxyl groups is 1. The molecule has 0 aliphatic rings. The number of hydrogen-bond acceptors (Lipinski definition) is 4. The van der Waals surface area contributed by atoms with E-state index >= 15 is 0 Å². The molecule has 0 aliphatic carbocycles. The lowest BCUT2D eigenvalue weighted by Crippen LogP contribution is -2.02. The quantitative estimate of drug-likeness (QED) is 0.416. The van der Waals surface area contributed by atoms with Gasteiger partial charge in [0.15, 0.2) is 0 Å². The van der Waals surface area contributed by atoms with Crippen molar-refractivity contribution in [3.63, 3.8) is 0 Å². The van der Waals surface area contributed by atoms with Gasteiger partial charge < -0.3 is 14.9 Å². The third-order valence-corrected chi connectivity index (χ3v) is 3.13. The second kappa shape index (κ2) is 16.4. The van der Waals surface area contributed by atoms with E-state index in [1.54, 1.807) is 18.2 Å². The Morgan fingerprint density at radius 2 is 1.44 bits per heavy atom. The van der Waals surface area contributed by atoms with Crippen molar-refractivity contribution in [1.82, 2.24) is 0 Å². The molecule has 0 spiro atoms. The fourth-order valence-electron chi connectivity index (χ4n) is 1.65. The summed E-state index contributed by atoms with van der Waals surface area (Å²) in [7, 11) is 0. The number of esters is 1. The number of unbranched alkanes of at least 4 members (excludes halogenated alkanes) is 1. The van der Waals surface area contributed by atoms with E-state index in [9.17, 15) is 4.79 Å². The molecule has 0 aromatic heterocycles. The molecule has 4 nitrogen and oxygen atoms in total. The van der Waals surface area contributed by atoms with Crippen LogP contribution >= 0.6 is 0 Å². The summed E-state index contributed by atoms with van der Waals surface area (Å²) in [5.74, 6) is -0.112. The SMILES string of the molecule is C=CC(=O)OCCCCO.C=Cc1ccc(O)cc1.C=Cc1ccccc1. The number of hydrogen-bond donors (Lipinski definition) is 2. The van der Waals surface area contributed by atoms with Gasteiger partial charge >= 0.3 is 5.97 Å². The molecule has 0 atom stereocenters. The van der Waals surface area contributed by atoms with Crippen LogP contribution in [0.3, 0.4) is 0 Å². The van der Waals surface area contributed by atoms with Gasteiger partial charge in [-0.2, -0.15) is 0 Å². The van der Waals surface area contributed by atoms with E-state index in [4.69, 9.17) is 10.2 Å². The molecule has 144 valence electrons. The number of rotatable bonds is 7. The van der Waals surface area contributed by atoms with E-state index in [2.05, 4.69) is 24.5 Å². The molecule has 2 rings (SSSR count). The lowest BCUT2D eigenvalue weighted by Gasteiger charge is -1.98. The average molecular weight is 368 g/mol. The van der Waals surface area contributed by atoms with Gasteiger partial charge in [0.1, 0.15) is 5.75 Å². The molecule has 0 saturated heterocycles. The van der Waals surface area contributed by atoms with Gasteiger partial charge in [0.05, 0.1) is 6.61 Å². The summed E-state index contributed by atoms with van der Waals surface area (Å²) < 4.78 is 4.63. The largest absolute Gasteiger partial charge is 0.508 e. The Kier molecular flexibility index (Phi) is 14.5. The first-order chi connectivity index (χ1) is 13.1. The first-order valence-electron chi connectivity index (χ1n) is 8.56. The Morgan fingerprint density at radius 1 is 0.889 bits per heavy atom. The molecular weight excluding hydrogens is 340 g/mol. The molecule has 0 saturated carbocycles. The van der Waals surface area contributed by atoms with Crippen molar-refractivity contribution in [2.45, 2.75) is 12.8 Å². The highest BCUT2D eigenvalue weighted by Crippen LogP contribution is 2.09. The minimum Gasteiger partial charge on any atom is -0.508 e. The Labute approximate surface area is 161 Å². The van der Waals surface area contributed by atoms with Gasteiger partial charge in [-0.15, -0.1) is 0 Å². The summed E-state index contributed by atoms with van der Waals surface area (Å²) in [4.78, 5) is 10.4. The third kappa shape index (κ3) is 13.8. The Hall–Kier alpha value is -3.11. The van der Waals surface area contributed by atoms with E-state index in [0.717, 1.165) is 11.6 Å². The molecular formula is C23H28O4. The zero-order chi connectivity index (χ0) is 20.3. The zero-order valence-corrected chi connectivity index (χ0v) is 15.6. The number of aliphatic hydroxyl groups excluding tert-OH is 1. The number of phenolic OH excluding ortho intramolecular Hbond substituents is 1. The van der Waals surface area contributed by atoms with Gasteiger partial charge in [-0.05, 0) is 36.1 Å². The predicted octanol–water partition coefficient (Wildman–Crippen LogP) is 4.85. The minimum absolute atomic E-state index is 0.144. The van der Waals surface area contributed by atoms with Crippen LogP contribution in [0.5, 0.6) is 5.75 Å². The summed E-state index contributed by atoms with van der Waals surface area (Å²) in [5, 5.41) is 17.1. The van der Waals surface area contributed by atoms with Gasteiger partial charge in [-0.3, -0.25) is 0 Å². The van der Waals surface area contributed by atoms with Crippen LogP contribution in [0, 0.1) is 0 Å². The predicted molar refractivity (Wildman–Crippen MR) is 112 cm³/mol. The topological polar surface area (TPSA) is 66.8 Å². The normalized spacial score (nSPS) is 8.78. The molecule has 0 radical (unpaired) electrons. The summed E-state index contributed by atoms with van der Waals surface area (Å²) in [6, 6.07) is 16.9. The van der Waals surface area contributed by atoms with Crippen LogP contribution in [0.25, 0.3) is 12.2 Å². The number of carbonyl (C=O) groups excluding carboxylic acids is 1. The van der Waals surface area contributed by atoms with E-state index in [1.807, 2.05) is 48.5 Å². The van der Waals surface area contributed by atoms with Gasteiger partial charge in [0.2, 0.25) is 0 Å². The highest BCUT2D eigenvalue weighted by molar-refractivity contribution is 5.81. The lowest BCUT2D eigenvalue weighted by atomic mass is 10.2. The van der Waals surface area contributed by atoms with Crippen molar-refractivity contribution in [2.24, 2.45) is 0 Å². The average Bonchev–Trinajstić information content (AvgIpc) is 2.73. The Balaban J connectivity index is 0.000000377. The number of ether oxygens (including phenoxy) is 1. The molecule has 0 heterocycles. The first kappa shape index (κ1) is 23.9. The minimum atomic E-state index is -0.405. The van der Waals surface area contributed by atoms with Crippen LogP contribution in [-0.4, -0.2) is 29.4 Å². The number of carbonyl (C=O) groups is 1. The van der Waals surface area contributed by atoms with Gasteiger partial charge in [-0.1, -0.05) is 74.4 Å². The van der Waals surface area contributed by atoms with Crippen LogP contribution in [0.4, 0.5) is 0 Å². The maximum atomic E-state index is 10.4. The van der Waals surface area contributed by atoms with Crippen LogP contribution < -0.4 is 0 Å². The van der Waals surface area contributed by atoms with Crippen LogP contribution in [-0.2, 0) is 9.53 Å². The van der Waals surface area contributed by atoms with E-state index in [1.165, 1.54) is 5.56 Å². The highest BCUT2D eigenvalue weighted by atomic mass is 16.5. The van der Waals surface area contributed by atoms with Crippen molar-refractivity contribution in [1.29, 1.82) is 0 Å². The van der Waals surface area contributed by atoms with Crippen molar-refractivity contribution in [2.75, 3.05) is 13.2 Å². The fourth-order valence-corrected chi connectivity index (χ4v) is 1.65. The van der Waals surface area contributed by atoms with Crippen LogP contribution in [0.1, 0.15) is 24.0 Å². The number of benzene rings is 2. The summed E-state index contributed by atoms with van der Waals surface area (Å²) in [6.07, 6.45) is 6.07. The summed E-state index contributed by atoms with van der Waals surface area (Å²) in [6.45, 7) is 11.0. The lowest BCUT2D eigenvalue weighted by molar-refractivity contribution is -0.137. The van der Waals surface area contributed by atoms with Crippen molar-refractivity contribution in [3.05, 3.63) is 91.5 Å². The summed E-state index contributed by atoms with van der Waals surface area (Å²) >= 11 is 0. The zero-order valence-electron chi connectivity index (χ0n) is 15.6. The van der Waals surface area contributed by atoms with E-state index in [-0.39, 0.29) is 6.61 Å². The monoisotopic (exact) mass is 368 g/mol. The molecule has 0 unspecified atom stereocenters. The molecule has 2 aromatic carbocycles. The fraction of sp³-hybridized carbons (Fsp3) is 0.174. The van der Waals surface area contributed by atoms with E-state index < -0.39 is 5.97 Å². The van der Waals surface area contributed by atoms with E-state index in [0.29, 0.717) is 25.2 Å². The second-order valence-corrected chi connectivity index (χ2v) is 5.21. The van der Waals surface area contributed by atoms with Gasteiger partial charge in [-0.25, -0.2) is 4.79 Å². The summed E-state index contributed by atoms with van der Waals surface area (Å²) in [5.41, 5.74) is 2.19. The molecule has 0 bridgehead atoms. The molecule has 2 N–H and O–H groups in total. The third-order valence-electron chi connectivity index (χ3n) is 3.13. The van der Waals surface area contributed by atoms with Gasteiger partial charge in [0.25, 0.3) is 0 Å². The maximum absolute atomic E-state index is 10.4. The number of phenols is 1. The first-order valence-corrected chi connectivity index (χ1v) is 8.56. The Bertz CT molecular complexity index is 661. The van der Waals surface area contributed by atoms with Crippen molar-refractivity contribution >= 4 is 18.1 Å². The van der Waals surface area contributed by atoms with Crippen molar-refractivity contribution in [3.8, 4) is 5.75 Å². The molecule has 27 heavy (non-hydrogen) atoms. The Morgan fingerprint density at radius 3 is 1.89 bits per heavy atom. The molecule has 0 amide bonds. The molecule has 0 aliphatic heterocycles. The standard InChI is InChI=1S/C8H8O.C8H8.C7H12O3/c1-2-7-3-5-8(9)6-4-7;1-2-8-6-4-3-5-7-8;1-2-7(9)10-6-4-3-5-8/h2-6,9H,1H2;2-7H,1H2;2,8H,1,3-6H2. The maximum Gasteiger partial charge on any atom is 0.330 e. The van der Waals surface area contributed by atoms with Crippen molar-refractivity contribution < 1.29 is 19.7 Å². The highest BCUT2D eigenvalue weighted by Gasteiger charge is 1.93. The smallest absolute Gasteiger partial charge is 0.330 e. The van der Waals surface area contributed by atoms with Crippen LogP contribution in [0.2, 0.25) is 0 Å². The molecule has 4 heteroatoms. The second-order valence-electron chi connectivity index (χ2n) is 5.21. The molecule has 0 fully saturated rings.